The lowest BCUT2D eigenvalue weighted by Gasteiger charge is -2.11. The molecule has 2 aromatic carbocycles. The molecule has 8 heteroatoms. The van der Waals surface area contributed by atoms with Crippen LogP contribution in [0.25, 0.3) is 10.9 Å². The molecule has 0 radical (unpaired) electrons. The van der Waals surface area contributed by atoms with Crippen LogP contribution in [-0.2, 0) is 4.79 Å². The number of nitrogens with zero attached hydrogens (tertiary/aromatic N) is 1. The Hall–Kier alpha value is -3.32. The number of benzene rings is 2. The van der Waals surface area contributed by atoms with Gasteiger partial charge in [-0.2, -0.15) is 0 Å². The number of carboxylic acid groups (broad SMARTS) is 1. The van der Waals surface area contributed by atoms with Crippen LogP contribution in [0.2, 0.25) is 5.02 Å². The van der Waals surface area contributed by atoms with Crippen LogP contribution in [0.3, 0.4) is 0 Å². The van der Waals surface area contributed by atoms with Crippen LogP contribution in [0, 0.1) is 0 Å². The maximum Gasteiger partial charge on any atom is 0.339 e. The molecular formula is C20H17ClN2O5. The Balaban J connectivity index is 1.67. The average molecular weight is 401 g/mol. The quantitative estimate of drug-likeness (QED) is 0.650. The monoisotopic (exact) mass is 400 g/mol. The molecule has 28 heavy (non-hydrogen) atoms. The summed E-state index contributed by atoms with van der Waals surface area (Å²) in [7, 11) is 1.32. The first-order valence-electron chi connectivity index (χ1n) is 8.40. The van der Waals surface area contributed by atoms with Crippen molar-refractivity contribution in [3.05, 3.63) is 59.2 Å². The lowest BCUT2D eigenvalue weighted by atomic mass is 10.1. The van der Waals surface area contributed by atoms with Gasteiger partial charge in [0.2, 0.25) is 11.8 Å². The number of fused-ring (bicyclic) bond motifs is 1. The van der Waals surface area contributed by atoms with Crippen LogP contribution >= 0.6 is 11.6 Å². The van der Waals surface area contributed by atoms with E-state index in [0.717, 1.165) is 10.9 Å². The van der Waals surface area contributed by atoms with Crippen molar-refractivity contribution in [1.82, 2.24) is 4.57 Å². The summed E-state index contributed by atoms with van der Waals surface area (Å²) in [6.07, 6.45) is 1.63. The van der Waals surface area contributed by atoms with E-state index in [1.807, 2.05) is 30.3 Å². The highest BCUT2D eigenvalue weighted by Gasteiger charge is 2.17. The lowest BCUT2D eigenvalue weighted by Crippen LogP contribution is -2.16. The molecular weight excluding hydrogens is 384 g/mol. The van der Waals surface area contributed by atoms with Gasteiger partial charge >= 0.3 is 5.97 Å². The fourth-order valence-electron chi connectivity index (χ4n) is 2.84. The Labute approximate surface area is 165 Å². The van der Waals surface area contributed by atoms with E-state index in [1.165, 1.54) is 23.8 Å². The summed E-state index contributed by atoms with van der Waals surface area (Å²) in [5, 5.41) is 12.7. The van der Waals surface area contributed by atoms with E-state index in [0.29, 0.717) is 0 Å². The number of aromatic carboxylic acids is 1. The molecule has 7 nitrogen and oxygen atoms in total. The number of para-hydroxylation sites is 1. The third kappa shape index (κ3) is 3.99. The molecule has 0 aliphatic rings. The first-order valence-corrected chi connectivity index (χ1v) is 8.78. The number of amides is 1. The molecule has 1 amide bonds. The number of carbonyl (C=O) groups is 3. The molecule has 0 bridgehead atoms. The van der Waals surface area contributed by atoms with Crippen molar-refractivity contribution in [2.45, 2.75) is 12.8 Å². The van der Waals surface area contributed by atoms with E-state index in [1.54, 1.807) is 6.20 Å². The van der Waals surface area contributed by atoms with Crippen LogP contribution in [0.1, 0.15) is 28.0 Å². The molecule has 3 aromatic rings. The van der Waals surface area contributed by atoms with Crippen molar-refractivity contribution in [1.29, 1.82) is 0 Å². The highest BCUT2D eigenvalue weighted by molar-refractivity contribution is 6.34. The fraction of sp³-hybridized carbons (Fsp3) is 0.150. The predicted molar refractivity (Wildman–Crippen MR) is 105 cm³/mol. The van der Waals surface area contributed by atoms with E-state index in [9.17, 15) is 14.4 Å². The zero-order valence-electron chi connectivity index (χ0n) is 14.9. The van der Waals surface area contributed by atoms with Gasteiger partial charge < -0.3 is 15.2 Å². The van der Waals surface area contributed by atoms with E-state index >= 15 is 0 Å². The van der Waals surface area contributed by atoms with Crippen molar-refractivity contribution in [3.63, 3.8) is 0 Å². The molecule has 144 valence electrons. The van der Waals surface area contributed by atoms with Gasteiger partial charge in [0.25, 0.3) is 0 Å². The number of ether oxygens (including phenoxy) is 1. The van der Waals surface area contributed by atoms with Gasteiger partial charge in [0.1, 0.15) is 11.3 Å². The third-order valence-electron chi connectivity index (χ3n) is 4.23. The molecule has 0 saturated carbocycles. The zero-order valence-corrected chi connectivity index (χ0v) is 15.7. The Morgan fingerprint density at radius 2 is 1.89 bits per heavy atom. The van der Waals surface area contributed by atoms with E-state index in [-0.39, 0.29) is 40.8 Å². The summed E-state index contributed by atoms with van der Waals surface area (Å²) >= 11 is 6.05. The number of nitrogens with one attached hydrogen (secondary N) is 1. The van der Waals surface area contributed by atoms with E-state index in [2.05, 4.69) is 5.32 Å². The van der Waals surface area contributed by atoms with Crippen LogP contribution in [0.5, 0.6) is 5.75 Å². The SMILES string of the molecule is COc1cc(NC(=O)CCC(=O)n2ccc3ccccc32)c(Cl)cc1C(=O)O. The van der Waals surface area contributed by atoms with Gasteiger partial charge in [0.05, 0.1) is 23.3 Å². The van der Waals surface area contributed by atoms with Crippen LogP contribution in [-0.4, -0.2) is 34.6 Å². The highest BCUT2D eigenvalue weighted by Crippen LogP contribution is 2.31. The highest BCUT2D eigenvalue weighted by atomic mass is 35.5. The fourth-order valence-corrected chi connectivity index (χ4v) is 3.05. The summed E-state index contributed by atoms with van der Waals surface area (Å²) in [4.78, 5) is 35.9. The summed E-state index contributed by atoms with van der Waals surface area (Å²) in [5.74, 6) is -1.75. The molecule has 0 fully saturated rings. The normalized spacial score (nSPS) is 10.6. The van der Waals surface area contributed by atoms with Crippen molar-refractivity contribution in [2.75, 3.05) is 12.4 Å². The summed E-state index contributed by atoms with van der Waals surface area (Å²) in [6.45, 7) is 0. The number of methoxy groups -OCH3 is 1. The average Bonchev–Trinajstić information content (AvgIpc) is 3.11. The van der Waals surface area contributed by atoms with Crippen molar-refractivity contribution in [3.8, 4) is 5.75 Å². The van der Waals surface area contributed by atoms with Crippen LogP contribution < -0.4 is 10.1 Å². The number of hydrogen-bond acceptors (Lipinski definition) is 4. The van der Waals surface area contributed by atoms with Crippen LogP contribution in [0.15, 0.2) is 48.7 Å². The number of carboxylic acids is 1. The molecule has 0 aliphatic heterocycles. The van der Waals surface area contributed by atoms with Gasteiger partial charge in [-0.05, 0) is 18.2 Å². The van der Waals surface area contributed by atoms with Gasteiger partial charge in [-0.1, -0.05) is 29.8 Å². The standard InChI is InChI=1S/C20H17ClN2O5/c1-28-17-11-15(14(21)10-13(17)20(26)27)22-18(24)6-7-19(25)23-9-8-12-4-2-3-5-16(12)23/h2-5,8-11H,6-7H2,1H3,(H,22,24)(H,26,27). The van der Waals surface area contributed by atoms with Crippen molar-refractivity contribution >= 4 is 46.0 Å². The maximum atomic E-state index is 12.4. The van der Waals surface area contributed by atoms with Crippen molar-refractivity contribution < 1.29 is 24.2 Å². The second-order valence-corrected chi connectivity index (χ2v) is 6.43. The van der Waals surface area contributed by atoms with Gasteiger partial charge in [0.15, 0.2) is 0 Å². The topological polar surface area (TPSA) is 97.6 Å². The second-order valence-electron chi connectivity index (χ2n) is 6.02. The minimum atomic E-state index is -1.19. The molecule has 0 unspecified atom stereocenters. The third-order valence-corrected chi connectivity index (χ3v) is 4.54. The molecule has 2 N–H and O–H groups in total. The van der Waals surface area contributed by atoms with Gasteiger partial charge in [-0.25, -0.2) is 4.79 Å². The molecule has 0 saturated heterocycles. The number of aromatic nitrogens is 1. The molecule has 0 aliphatic carbocycles. The molecule has 1 heterocycles. The first kappa shape index (κ1) is 19.4. The zero-order chi connectivity index (χ0) is 20.3. The van der Waals surface area contributed by atoms with Gasteiger partial charge in [0, 0.05) is 30.5 Å². The van der Waals surface area contributed by atoms with Crippen molar-refractivity contribution in [2.24, 2.45) is 0 Å². The molecule has 3 rings (SSSR count). The smallest absolute Gasteiger partial charge is 0.339 e. The largest absolute Gasteiger partial charge is 0.496 e. The minimum Gasteiger partial charge on any atom is -0.496 e. The maximum absolute atomic E-state index is 12.4. The van der Waals surface area contributed by atoms with E-state index in [4.69, 9.17) is 21.4 Å². The summed E-state index contributed by atoms with van der Waals surface area (Å²) in [5.41, 5.74) is 0.887. The first-order chi connectivity index (χ1) is 13.4. The lowest BCUT2D eigenvalue weighted by molar-refractivity contribution is -0.116. The van der Waals surface area contributed by atoms with Gasteiger partial charge in [-0.15, -0.1) is 0 Å². The Morgan fingerprint density at radius 1 is 1.14 bits per heavy atom. The molecule has 0 atom stereocenters. The minimum absolute atomic E-state index is 0.00642. The number of hydrogen-bond donors (Lipinski definition) is 2. The van der Waals surface area contributed by atoms with Gasteiger partial charge in [-0.3, -0.25) is 14.2 Å². The Bertz CT molecular complexity index is 1070. The number of carbonyl (C=O) groups excluding carboxylic acids is 2. The Morgan fingerprint density at radius 3 is 2.61 bits per heavy atom. The number of anilines is 1. The van der Waals surface area contributed by atoms with E-state index < -0.39 is 11.9 Å². The van der Waals surface area contributed by atoms with Crippen LogP contribution in [0.4, 0.5) is 5.69 Å². The molecule has 1 aromatic heterocycles. The number of halogens is 1. The summed E-state index contributed by atoms with van der Waals surface area (Å²) < 4.78 is 6.54. The second kappa shape index (κ2) is 8.14. The Kier molecular flexibility index (Phi) is 5.65. The summed E-state index contributed by atoms with van der Waals surface area (Å²) in [6, 6.07) is 11.8. The predicted octanol–water partition coefficient (Wildman–Crippen LogP) is 4.06. The number of rotatable bonds is 6. The molecule has 0 spiro atoms.